The number of halogens is 1. The molecule has 0 spiro atoms. The molecule has 11 heteroatoms. The number of hydrogen-bond acceptors (Lipinski definition) is 8. The van der Waals surface area contributed by atoms with Gasteiger partial charge in [-0.05, 0) is 42.3 Å². The minimum Gasteiger partial charge on any atom is -0.353 e. The summed E-state index contributed by atoms with van der Waals surface area (Å²) in [6, 6.07) is 7.09. The molecule has 4 rings (SSSR count). The first-order valence-corrected chi connectivity index (χ1v) is 11.9. The van der Waals surface area contributed by atoms with Crippen molar-refractivity contribution in [1.82, 2.24) is 25.7 Å². The molecule has 1 aromatic carbocycles. The lowest BCUT2D eigenvalue weighted by Crippen LogP contribution is -2.47. The van der Waals surface area contributed by atoms with E-state index in [1.54, 1.807) is 37.3 Å². The number of amides is 3. The highest BCUT2D eigenvalue weighted by Gasteiger charge is 2.40. The summed E-state index contributed by atoms with van der Waals surface area (Å²) in [4.78, 5) is 43.1. The second-order valence-corrected chi connectivity index (χ2v) is 9.38. The zero-order valence-electron chi connectivity index (χ0n) is 18.1. The Hall–Kier alpha value is -2.69. The molecule has 2 aliphatic rings. The van der Waals surface area contributed by atoms with E-state index in [1.807, 2.05) is 0 Å². The van der Waals surface area contributed by atoms with Crippen LogP contribution in [0.3, 0.4) is 0 Å². The SMILES string of the molecule is Cc1nc(C2(NCC(=O)NCCN3C(=O)S/C(=C\c4ccccc4Cl)C3=O)CCCC2)no1. The van der Waals surface area contributed by atoms with Gasteiger partial charge < -0.3 is 9.84 Å². The molecule has 0 bridgehead atoms. The number of carbonyl (C=O) groups excluding carboxylic acids is 3. The number of aromatic nitrogens is 2. The van der Waals surface area contributed by atoms with Crippen molar-refractivity contribution in [3.05, 3.63) is 51.5 Å². The molecular formula is C22H24ClN5O4S. The molecule has 0 radical (unpaired) electrons. The molecule has 174 valence electrons. The first-order chi connectivity index (χ1) is 15.9. The Morgan fingerprint density at radius 3 is 2.76 bits per heavy atom. The molecule has 1 aliphatic carbocycles. The Morgan fingerprint density at radius 2 is 2.06 bits per heavy atom. The van der Waals surface area contributed by atoms with Crippen LogP contribution in [-0.2, 0) is 15.1 Å². The third-order valence-electron chi connectivity index (χ3n) is 5.72. The fraction of sp³-hybridized carbons (Fsp3) is 0.409. The fourth-order valence-corrected chi connectivity index (χ4v) is 5.04. The largest absolute Gasteiger partial charge is 0.353 e. The van der Waals surface area contributed by atoms with Crippen LogP contribution in [0.2, 0.25) is 5.02 Å². The van der Waals surface area contributed by atoms with Crippen LogP contribution in [0, 0.1) is 6.92 Å². The van der Waals surface area contributed by atoms with Gasteiger partial charge in [0.05, 0.1) is 17.0 Å². The van der Waals surface area contributed by atoms with Crippen molar-refractivity contribution in [2.24, 2.45) is 0 Å². The quantitative estimate of drug-likeness (QED) is 0.542. The highest BCUT2D eigenvalue weighted by atomic mass is 35.5. The molecular weight excluding hydrogens is 466 g/mol. The predicted molar refractivity (Wildman–Crippen MR) is 124 cm³/mol. The molecule has 2 N–H and O–H groups in total. The predicted octanol–water partition coefficient (Wildman–Crippen LogP) is 3.24. The Bertz CT molecular complexity index is 1100. The second-order valence-electron chi connectivity index (χ2n) is 7.98. The minimum absolute atomic E-state index is 0.0713. The lowest BCUT2D eigenvalue weighted by molar-refractivity contribution is -0.124. The fourth-order valence-electron chi connectivity index (χ4n) is 4.00. The summed E-state index contributed by atoms with van der Waals surface area (Å²) in [5.41, 5.74) is 0.201. The molecule has 2 aromatic rings. The number of rotatable bonds is 8. The molecule has 3 amide bonds. The van der Waals surface area contributed by atoms with Gasteiger partial charge in [-0.3, -0.25) is 24.6 Å². The Balaban J connectivity index is 1.28. The van der Waals surface area contributed by atoms with E-state index < -0.39 is 11.4 Å². The third kappa shape index (κ3) is 5.29. The normalized spacial score (nSPS) is 19.0. The van der Waals surface area contributed by atoms with E-state index in [2.05, 4.69) is 20.8 Å². The topological polar surface area (TPSA) is 117 Å². The van der Waals surface area contributed by atoms with Crippen LogP contribution in [0.15, 0.2) is 33.7 Å². The molecule has 1 saturated carbocycles. The smallest absolute Gasteiger partial charge is 0.293 e. The summed E-state index contributed by atoms with van der Waals surface area (Å²) in [6.07, 6.45) is 5.30. The molecule has 1 aliphatic heterocycles. The van der Waals surface area contributed by atoms with Crippen molar-refractivity contribution in [2.45, 2.75) is 38.1 Å². The molecule has 33 heavy (non-hydrogen) atoms. The van der Waals surface area contributed by atoms with E-state index in [-0.39, 0.29) is 30.8 Å². The van der Waals surface area contributed by atoms with Crippen LogP contribution in [0.5, 0.6) is 0 Å². The van der Waals surface area contributed by atoms with Crippen LogP contribution in [0.1, 0.15) is 43.0 Å². The van der Waals surface area contributed by atoms with Gasteiger partial charge in [0.15, 0.2) is 5.82 Å². The Labute approximate surface area is 200 Å². The lowest BCUT2D eigenvalue weighted by atomic mass is 9.96. The zero-order chi connectivity index (χ0) is 23.4. The minimum atomic E-state index is -0.467. The number of thioether (sulfide) groups is 1. The number of carbonyl (C=O) groups is 3. The summed E-state index contributed by atoms with van der Waals surface area (Å²) in [5, 5.41) is 10.2. The zero-order valence-corrected chi connectivity index (χ0v) is 19.7. The summed E-state index contributed by atoms with van der Waals surface area (Å²) < 4.78 is 5.12. The van der Waals surface area contributed by atoms with Gasteiger partial charge in [0.1, 0.15) is 0 Å². The Morgan fingerprint density at radius 1 is 1.30 bits per heavy atom. The lowest BCUT2D eigenvalue weighted by Gasteiger charge is -2.26. The van der Waals surface area contributed by atoms with Crippen molar-refractivity contribution in [1.29, 1.82) is 0 Å². The van der Waals surface area contributed by atoms with Crippen molar-refractivity contribution in [3.8, 4) is 0 Å². The second kappa shape index (κ2) is 10.1. The molecule has 0 unspecified atom stereocenters. The first kappa shape index (κ1) is 23.5. The van der Waals surface area contributed by atoms with Gasteiger partial charge >= 0.3 is 0 Å². The molecule has 0 atom stereocenters. The van der Waals surface area contributed by atoms with E-state index >= 15 is 0 Å². The summed E-state index contributed by atoms with van der Waals surface area (Å²) in [5.74, 6) is 0.437. The molecule has 1 saturated heterocycles. The maximum atomic E-state index is 12.6. The number of hydrogen-bond donors (Lipinski definition) is 2. The Kier molecular flexibility index (Phi) is 7.16. The summed E-state index contributed by atoms with van der Waals surface area (Å²) in [6.45, 7) is 2.06. The van der Waals surface area contributed by atoms with Gasteiger partial charge in [0.2, 0.25) is 11.8 Å². The monoisotopic (exact) mass is 489 g/mol. The van der Waals surface area contributed by atoms with Gasteiger partial charge in [-0.2, -0.15) is 4.98 Å². The molecule has 9 nitrogen and oxygen atoms in total. The van der Waals surface area contributed by atoms with E-state index in [4.69, 9.17) is 16.1 Å². The van der Waals surface area contributed by atoms with Crippen molar-refractivity contribution in [3.63, 3.8) is 0 Å². The summed E-state index contributed by atoms with van der Waals surface area (Å²) in [7, 11) is 0. The maximum absolute atomic E-state index is 12.6. The molecule has 1 aromatic heterocycles. The van der Waals surface area contributed by atoms with Crippen LogP contribution in [-0.4, -0.2) is 51.7 Å². The van der Waals surface area contributed by atoms with E-state index in [1.165, 1.54) is 0 Å². The van der Waals surface area contributed by atoms with Gasteiger partial charge in [-0.15, -0.1) is 0 Å². The number of aryl methyl sites for hydroxylation is 1. The standard InChI is InChI=1S/C22H24ClN5O4S/c1-14-26-20(27-32-14)22(8-4-5-9-22)25-13-18(29)24-10-11-28-19(30)17(33-21(28)31)12-15-6-2-3-7-16(15)23/h2-3,6-7,12,25H,4-5,8-11,13H2,1H3,(H,24,29)/b17-12-. The third-order valence-corrected chi connectivity index (χ3v) is 6.97. The van der Waals surface area contributed by atoms with E-state index in [9.17, 15) is 14.4 Å². The molecule has 2 heterocycles. The highest BCUT2D eigenvalue weighted by molar-refractivity contribution is 8.18. The maximum Gasteiger partial charge on any atom is 0.293 e. The number of benzene rings is 1. The van der Waals surface area contributed by atoms with Crippen LogP contribution in [0.4, 0.5) is 4.79 Å². The van der Waals surface area contributed by atoms with Crippen molar-refractivity contribution < 1.29 is 18.9 Å². The number of nitrogens with zero attached hydrogens (tertiary/aromatic N) is 3. The van der Waals surface area contributed by atoms with Gasteiger partial charge in [-0.1, -0.05) is 47.8 Å². The van der Waals surface area contributed by atoms with Gasteiger partial charge in [0, 0.05) is 25.0 Å². The van der Waals surface area contributed by atoms with E-state index in [0.29, 0.717) is 27.2 Å². The van der Waals surface area contributed by atoms with Gasteiger partial charge in [0.25, 0.3) is 11.1 Å². The number of imide groups is 1. The van der Waals surface area contributed by atoms with Gasteiger partial charge in [-0.25, -0.2) is 0 Å². The average Bonchev–Trinajstić information content (AvgIpc) is 3.51. The average molecular weight is 490 g/mol. The van der Waals surface area contributed by atoms with E-state index in [0.717, 1.165) is 42.3 Å². The summed E-state index contributed by atoms with van der Waals surface area (Å²) >= 11 is 7.00. The van der Waals surface area contributed by atoms with Crippen LogP contribution in [0.25, 0.3) is 6.08 Å². The van der Waals surface area contributed by atoms with Crippen molar-refractivity contribution in [2.75, 3.05) is 19.6 Å². The first-order valence-electron chi connectivity index (χ1n) is 10.7. The number of nitrogens with one attached hydrogen (secondary N) is 2. The highest BCUT2D eigenvalue weighted by Crippen LogP contribution is 2.37. The van der Waals surface area contributed by atoms with Crippen LogP contribution < -0.4 is 10.6 Å². The van der Waals surface area contributed by atoms with Crippen molar-refractivity contribution >= 4 is 46.5 Å². The molecule has 2 fully saturated rings. The van der Waals surface area contributed by atoms with Crippen LogP contribution >= 0.6 is 23.4 Å².